The Hall–Kier alpha value is -1.39. The summed E-state index contributed by atoms with van der Waals surface area (Å²) in [7, 11) is 0. The summed E-state index contributed by atoms with van der Waals surface area (Å²) in [6, 6.07) is 8.21. The van der Waals surface area contributed by atoms with Gasteiger partial charge in [0, 0.05) is 18.0 Å². The van der Waals surface area contributed by atoms with Crippen molar-refractivity contribution in [2.24, 2.45) is 5.92 Å². The van der Waals surface area contributed by atoms with Crippen LogP contribution >= 0.6 is 0 Å². The highest BCUT2D eigenvalue weighted by molar-refractivity contribution is 5.94. The van der Waals surface area contributed by atoms with Crippen LogP contribution in [0.2, 0.25) is 0 Å². The molecule has 4 nitrogen and oxygen atoms in total. The smallest absolute Gasteiger partial charge is 0.254 e. The molecule has 0 radical (unpaired) electrons. The molecule has 1 amide bonds. The first kappa shape index (κ1) is 16.1. The maximum absolute atomic E-state index is 13.0. The van der Waals surface area contributed by atoms with Gasteiger partial charge in [-0.3, -0.25) is 4.79 Å². The Bertz CT molecular complexity index is 581. The minimum Gasteiger partial charge on any atom is -0.393 e. The normalized spacial score (nSPS) is 31.0. The van der Waals surface area contributed by atoms with E-state index in [9.17, 15) is 9.90 Å². The van der Waals surface area contributed by atoms with Gasteiger partial charge in [0.2, 0.25) is 0 Å². The molecule has 1 aliphatic heterocycles. The Kier molecular flexibility index (Phi) is 4.59. The second-order valence-electron chi connectivity index (χ2n) is 7.55. The van der Waals surface area contributed by atoms with E-state index in [1.54, 1.807) is 0 Å². The first-order valence-corrected chi connectivity index (χ1v) is 9.41. The largest absolute Gasteiger partial charge is 0.393 e. The lowest BCUT2D eigenvalue weighted by Crippen LogP contribution is -2.53. The van der Waals surface area contributed by atoms with Crippen LogP contribution in [0.15, 0.2) is 24.3 Å². The molecule has 130 valence electrons. The van der Waals surface area contributed by atoms with E-state index < -0.39 is 0 Å². The summed E-state index contributed by atoms with van der Waals surface area (Å²) in [5.74, 6) is 0.935. The number of nitrogens with zero attached hydrogens (tertiary/aromatic N) is 1. The van der Waals surface area contributed by atoms with Crippen molar-refractivity contribution in [3.8, 4) is 0 Å². The lowest BCUT2D eigenvalue weighted by Gasteiger charge is -2.40. The Balaban J connectivity index is 1.50. The van der Waals surface area contributed by atoms with Gasteiger partial charge >= 0.3 is 0 Å². The summed E-state index contributed by atoms with van der Waals surface area (Å²) in [4.78, 5) is 15.0. The predicted octanol–water partition coefficient (Wildman–Crippen LogP) is 2.96. The van der Waals surface area contributed by atoms with Crippen molar-refractivity contribution in [2.45, 2.75) is 56.6 Å². The van der Waals surface area contributed by atoms with Crippen molar-refractivity contribution in [1.29, 1.82) is 0 Å². The minimum atomic E-state index is -0.298. The monoisotopic (exact) mass is 329 g/mol. The number of morpholine rings is 1. The number of carbonyl (C=O) groups excluding carboxylic acids is 1. The van der Waals surface area contributed by atoms with Gasteiger partial charge in [0.25, 0.3) is 5.91 Å². The Labute approximate surface area is 143 Å². The van der Waals surface area contributed by atoms with E-state index in [-0.39, 0.29) is 24.0 Å². The molecule has 1 heterocycles. The molecule has 0 spiro atoms. The van der Waals surface area contributed by atoms with Gasteiger partial charge in [-0.05, 0) is 49.3 Å². The zero-order valence-electron chi connectivity index (χ0n) is 14.2. The number of hydrogen-bond acceptors (Lipinski definition) is 3. The van der Waals surface area contributed by atoms with Gasteiger partial charge in [0.1, 0.15) is 0 Å². The van der Waals surface area contributed by atoms with E-state index in [0.717, 1.165) is 24.8 Å². The van der Waals surface area contributed by atoms with Crippen molar-refractivity contribution in [1.82, 2.24) is 4.90 Å². The fourth-order valence-corrected chi connectivity index (χ4v) is 4.45. The molecule has 0 unspecified atom stereocenters. The van der Waals surface area contributed by atoms with Gasteiger partial charge in [0.15, 0.2) is 0 Å². The summed E-state index contributed by atoms with van der Waals surface area (Å²) >= 11 is 0. The zero-order chi connectivity index (χ0) is 16.5. The molecule has 1 aromatic rings. The van der Waals surface area contributed by atoms with Gasteiger partial charge in [-0.1, -0.05) is 25.0 Å². The first-order chi connectivity index (χ1) is 11.7. The number of ether oxygens (including phenoxy) is 1. The van der Waals surface area contributed by atoms with Crippen LogP contribution in [-0.4, -0.2) is 47.8 Å². The van der Waals surface area contributed by atoms with E-state index in [4.69, 9.17) is 4.74 Å². The number of rotatable bonds is 3. The fourth-order valence-electron chi connectivity index (χ4n) is 4.45. The Morgan fingerprint density at radius 2 is 1.83 bits per heavy atom. The standard InChI is InChI=1S/C20H27NO3/c22-19-6-2-5-17(19)18-13-24-12-11-21(18)20(23)16-9-7-15(8-10-16)14-3-1-4-14/h7-10,14,17-19,22H,1-6,11-13H2/t17-,18+,19+/m0/s1. The van der Waals surface area contributed by atoms with E-state index in [0.29, 0.717) is 25.7 Å². The number of amides is 1. The number of aliphatic hydroxyl groups excluding tert-OH is 1. The lowest BCUT2D eigenvalue weighted by molar-refractivity contribution is -0.0383. The SMILES string of the molecule is O=C(c1ccc(C2CCC2)cc1)N1CCOC[C@@H]1[C@@H]1CCC[C@H]1O. The molecular formula is C20H27NO3. The summed E-state index contributed by atoms with van der Waals surface area (Å²) in [5, 5.41) is 10.2. The molecule has 3 fully saturated rings. The third-order valence-electron chi connectivity index (χ3n) is 6.19. The predicted molar refractivity (Wildman–Crippen MR) is 92.0 cm³/mol. The van der Waals surface area contributed by atoms with Crippen LogP contribution in [0.5, 0.6) is 0 Å². The summed E-state index contributed by atoms with van der Waals surface area (Å²) in [6.07, 6.45) is 6.45. The fraction of sp³-hybridized carbons (Fsp3) is 0.650. The van der Waals surface area contributed by atoms with Crippen LogP contribution < -0.4 is 0 Å². The van der Waals surface area contributed by atoms with Crippen LogP contribution in [0.3, 0.4) is 0 Å². The van der Waals surface area contributed by atoms with Crippen molar-refractivity contribution < 1.29 is 14.6 Å². The molecular weight excluding hydrogens is 302 g/mol. The lowest BCUT2D eigenvalue weighted by atomic mass is 9.80. The van der Waals surface area contributed by atoms with Gasteiger partial charge in [-0.15, -0.1) is 0 Å². The highest BCUT2D eigenvalue weighted by atomic mass is 16.5. The molecule has 0 bridgehead atoms. The van der Waals surface area contributed by atoms with Gasteiger partial charge in [0.05, 0.1) is 25.4 Å². The molecule has 3 aliphatic rings. The Morgan fingerprint density at radius 1 is 1.08 bits per heavy atom. The summed E-state index contributed by atoms with van der Waals surface area (Å²) in [5.41, 5.74) is 2.13. The summed E-state index contributed by atoms with van der Waals surface area (Å²) in [6.45, 7) is 1.76. The summed E-state index contributed by atoms with van der Waals surface area (Å²) < 4.78 is 5.63. The number of aliphatic hydroxyl groups is 1. The van der Waals surface area contributed by atoms with Crippen LogP contribution in [0.25, 0.3) is 0 Å². The van der Waals surface area contributed by atoms with Crippen molar-refractivity contribution in [2.75, 3.05) is 19.8 Å². The van der Waals surface area contributed by atoms with E-state index in [1.807, 2.05) is 17.0 Å². The highest BCUT2D eigenvalue weighted by Gasteiger charge is 2.39. The molecule has 2 saturated carbocycles. The average molecular weight is 329 g/mol. The van der Waals surface area contributed by atoms with Gasteiger partial charge in [-0.25, -0.2) is 0 Å². The maximum Gasteiger partial charge on any atom is 0.254 e. The van der Waals surface area contributed by atoms with Gasteiger partial charge < -0.3 is 14.7 Å². The van der Waals surface area contributed by atoms with Crippen LogP contribution in [-0.2, 0) is 4.74 Å². The molecule has 2 aliphatic carbocycles. The molecule has 0 aromatic heterocycles. The molecule has 4 rings (SSSR count). The van der Waals surface area contributed by atoms with Crippen LogP contribution in [0.4, 0.5) is 0 Å². The molecule has 1 aromatic carbocycles. The Morgan fingerprint density at radius 3 is 2.46 bits per heavy atom. The average Bonchev–Trinajstić information content (AvgIpc) is 2.99. The second kappa shape index (κ2) is 6.85. The highest BCUT2D eigenvalue weighted by Crippen LogP contribution is 2.36. The quantitative estimate of drug-likeness (QED) is 0.927. The number of hydrogen-bond donors (Lipinski definition) is 1. The van der Waals surface area contributed by atoms with Crippen LogP contribution in [0, 0.1) is 5.92 Å². The second-order valence-corrected chi connectivity index (χ2v) is 7.55. The first-order valence-electron chi connectivity index (χ1n) is 9.41. The third kappa shape index (κ3) is 2.98. The topological polar surface area (TPSA) is 49.8 Å². The van der Waals surface area contributed by atoms with Crippen molar-refractivity contribution >= 4 is 5.91 Å². The molecule has 4 heteroatoms. The third-order valence-corrected chi connectivity index (χ3v) is 6.19. The van der Waals surface area contributed by atoms with Crippen LogP contribution in [0.1, 0.15) is 60.4 Å². The molecule has 24 heavy (non-hydrogen) atoms. The number of benzene rings is 1. The van der Waals surface area contributed by atoms with E-state index in [1.165, 1.54) is 24.8 Å². The number of carbonyl (C=O) groups is 1. The van der Waals surface area contributed by atoms with E-state index >= 15 is 0 Å². The molecule has 1 saturated heterocycles. The molecule has 1 N–H and O–H groups in total. The van der Waals surface area contributed by atoms with Crippen molar-refractivity contribution in [3.63, 3.8) is 0 Å². The van der Waals surface area contributed by atoms with Crippen molar-refractivity contribution in [3.05, 3.63) is 35.4 Å². The van der Waals surface area contributed by atoms with E-state index in [2.05, 4.69) is 12.1 Å². The minimum absolute atomic E-state index is 0.00931. The van der Waals surface area contributed by atoms with Gasteiger partial charge in [-0.2, -0.15) is 0 Å². The zero-order valence-corrected chi connectivity index (χ0v) is 14.2. The maximum atomic E-state index is 13.0. The molecule has 3 atom stereocenters.